The van der Waals surface area contributed by atoms with Crippen molar-refractivity contribution in [2.24, 2.45) is 0 Å². The Hall–Kier alpha value is -1.67. The lowest BCUT2D eigenvalue weighted by Gasteiger charge is -2.10. The normalized spacial score (nSPS) is 11.7. The standard InChI is InChI=1S/C8H10N2O5S/c1-9(2)16(14,15)6-3-4-8(11)7(5-6)10(12)13/h3-5,11H,1-2H3. The summed E-state index contributed by atoms with van der Waals surface area (Å²) >= 11 is 0. The van der Waals surface area contributed by atoms with E-state index in [9.17, 15) is 18.5 Å². The third kappa shape index (κ3) is 2.12. The summed E-state index contributed by atoms with van der Waals surface area (Å²) in [5.74, 6) is -0.567. The van der Waals surface area contributed by atoms with Crippen molar-refractivity contribution in [1.29, 1.82) is 0 Å². The summed E-state index contributed by atoms with van der Waals surface area (Å²) in [4.78, 5) is 9.43. The SMILES string of the molecule is CN(C)S(=O)(=O)c1ccc(O)c([N+](=O)[O-])c1. The van der Waals surface area contributed by atoms with Gasteiger partial charge in [0.15, 0.2) is 5.75 Å². The number of hydrogen-bond donors (Lipinski definition) is 1. The summed E-state index contributed by atoms with van der Waals surface area (Å²) < 4.78 is 24.2. The van der Waals surface area contributed by atoms with Crippen LogP contribution in [-0.4, -0.2) is 36.8 Å². The van der Waals surface area contributed by atoms with Gasteiger partial charge in [-0.25, -0.2) is 12.7 Å². The second-order valence-electron chi connectivity index (χ2n) is 3.20. The number of hydrogen-bond acceptors (Lipinski definition) is 5. The van der Waals surface area contributed by atoms with Crippen LogP contribution >= 0.6 is 0 Å². The van der Waals surface area contributed by atoms with E-state index in [0.29, 0.717) is 0 Å². The van der Waals surface area contributed by atoms with Crippen molar-refractivity contribution < 1.29 is 18.4 Å². The van der Waals surface area contributed by atoms with Gasteiger partial charge < -0.3 is 5.11 Å². The zero-order valence-corrected chi connectivity index (χ0v) is 9.43. The molecule has 1 aromatic rings. The van der Waals surface area contributed by atoms with Crippen LogP contribution in [0.3, 0.4) is 0 Å². The van der Waals surface area contributed by atoms with Crippen molar-refractivity contribution in [3.63, 3.8) is 0 Å². The Morgan fingerprint density at radius 2 is 1.94 bits per heavy atom. The van der Waals surface area contributed by atoms with Gasteiger partial charge in [-0.1, -0.05) is 0 Å². The molecule has 88 valence electrons. The van der Waals surface area contributed by atoms with E-state index < -0.39 is 26.4 Å². The Kier molecular flexibility index (Phi) is 3.15. The van der Waals surface area contributed by atoms with Gasteiger partial charge in [-0.3, -0.25) is 10.1 Å². The Bertz CT molecular complexity index is 523. The molecule has 0 bridgehead atoms. The average Bonchev–Trinajstić information content (AvgIpc) is 2.17. The van der Waals surface area contributed by atoms with Gasteiger partial charge in [0.2, 0.25) is 10.0 Å². The molecule has 0 aliphatic rings. The van der Waals surface area contributed by atoms with E-state index in [1.54, 1.807) is 0 Å². The van der Waals surface area contributed by atoms with Crippen LogP contribution in [0.25, 0.3) is 0 Å². The van der Waals surface area contributed by atoms with E-state index >= 15 is 0 Å². The Morgan fingerprint density at radius 1 is 1.38 bits per heavy atom. The number of phenolic OH excluding ortho intramolecular Hbond substituents is 1. The van der Waals surface area contributed by atoms with Gasteiger partial charge in [-0.15, -0.1) is 0 Å². The minimum absolute atomic E-state index is 0.234. The van der Waals surface area contributed by atoms with Crippen LogP contribution in [0, 0.1) is 10.1 Å². The van der Waals surface area contributed by atoms with Crippen molar-refractivity contribution in [2.45, 2.75) is 4.90 Å². The van der Waals surface area contributed by atoms with Crippen LogP contribution < -0.4 is 0 Å². The predicted molar refractivity (Wildman–Crippen MR) is 55.6 cm³/mol. The number of benzene rings is 1. The molecule has 0 fully saturated rings. The van der Waals surface area contributed by atoms with Gasteiger partial charge in [0.25, 0.3) is 0 Å². The molecule has 8 heteroatoms. The zero-order valence-electron chi connectivity index (χ0n) is 8.61. The maximum absolute atomic E-state index is 11.6. The molecule has 16 heavy (non-hydrogen) atoms. The lowest BCUT2D eigenvalue weighted by Crippen LogP contribution is -2.22. The van der Waals surface area contributed by atoms with Crippen molar-refractivity contribution >= 4 is 15.7 Å². The van der Waals surface area contributed by atoms with E-state index in [2.05, 4.69) is 0 Å². The number of nitrogens with zero attached hydrogens (tertiary/aromatic N) is 2. The second kappa shape index (κ2) is 4.06. The van der Waals surface area contributed by atoms with Gasteiger partial charge in [-0.05, 0) is 12.1 Å². The molecule has 0 aromatic heterocycles. The largest absolute Gasteiger partial charge is 0.502 e. The summed E-state index contributed by atoms with van der Waals surface area (Å²) in [6, 6.07) is 2.91. The number of phenols is 1. The molecule has 0 atom stereocenters. The van der Waals surface area contributed by atoms with E-state index in [-0.39, 0.29) is 4.90 Å². The molecule has 7 nitrogen and oxygen atoms in total. The summed E-state index contributed by atoms with van der Waals surface area (Å²) in [6.07, 6.45) is 0. The molecule has 0 radical (unpaired) electrons. The molecule has 0 heterocycles. The number of rotatable bonds is 3. The third-order valence-corrected chi connectivity index (χ3v) is 3.73. The van der Waals surface area contributed by atoms with Crippen molar-refractivity contribution in [1.82, 2.24) is 4.31 Å². The molecule has 0 aliphatic heterocycles. The fourth-order valence-corrected chi connectivity index (χ4v) is 1.94. The van der Waals surface area contributed by atoms with Crippen molar-refractivity contribution in [2.75, 3.05) is 14.1 Å². The third-order valence-electron chi connectivity index (χ3n) is 1.92. The first-order valence-corrected chi connectivity index (χ1v) is 5.60. The number of sulfonamides is 1. The summed E-state index contributed by atoms with van der Waals surface area (Å²) in [7, 11) is -1.10. The molecule has 0 amide bonds. The monoisotopic (exact) mass is 246 g/mol. The first kappa shape index (κ1) is 12.4. The van der Waals surface area contributed by atoms with E-state index in [1.165, 1.54) is 14.1 Å². The van der Waals surface area contributed by atoms with E-state index in [1.807, 2.05) is 0 Å². The van der Waals surface area contributed by atoms with Crippen LogP contribution in [0.4, 0.5) is 5.69 Å². The maximum Gasteiger partial charge on any atom is 0.312 e. The smallest absolute Gasteiger partial charge is 0.312 e. The van der Waals surface area contributed by atoms with Gasteiger partial charge in [0.05, 0.1) is 9.82 Å². The van der Waals surface area contributed by atoms with Gasteiger partial charge >= 0.3 is 5.69 Å². The minimum atomic E-state index is -3.73. The highest BCUT2D eigenvalue weighted by Crippen LogP contribution is 2.28. The second-order valence-corrected chi connectivity index (χ2v) is 5.35. The van der Waals surface area contributed by atoms with Crippen LogP contribution in [0.1, 0.15) is 0 Å². The number of aromatic hydroxyl groups is 1. The predicted octanol–water partition coefficient (Wildman–Crippen LogP) is 0.551. The molecular formula is C8H10N2O5S. The molecule has 1 rings (SSSR count). The number of nitro groups is 1. The summed E-state index contributed by atoms with van der Waals surface area (Å²) in [6.45, 7) is 0. The zero-order chi connectivity index (χ0) is 12.5. The molecule has 0 saturated carbocycles. The van der Waals surface area contributed by atoms with Gasteiger partial charge in [-0.2, -0.15) is 0 Å². The molecule has 0 saturated heterocycles. The van der Waals surface area contributed by atoms with Crippen molar-refractivity contribution in [3.05, 3.63) is 28.3 Å². The highest BCUT2D eigenvalue weighted by molar-refractivity contribution is 7.89. The molecule has 0 unspecified atom stereocenters. The first-order valence-electron chi connectivity index (χ1n) is 4.16. The average molecular weight is 246 g/mol. The highest BCUT2D eigenvalue weighted by atomic mass is 32.2. The van der Waals surface area contributed by atoms with Crippen LogP contribution in [0.5, 0.6) is 5.75 Å². The first-order chi connectivity index (χ1) is 7.26. The van der Waals surface area contributed by atoms with Crippen LogP contribution in [0.15, 0.2) is 23.1 Å². The lowest BCUT2D eigenvalue weighted by molar-refractivity contribution is -0.386. The van der Waals surface area contributed by atoms with Crippen molar-refractivity contribution in [3.8, 4) is 5.75 Å². The Morgan fingerprint density at radius 3 is 2.38 bits per heavy atom. The van der Waals surface area contributed by atoms with Crippen LogP contribution in [0.2, 0.25) is 0 Å². The molecule has 1 aromatic carbocycles. The van der Waals surface area contributed by atoms with Gasteiger partial charge in [0.1, 0.15) is 0 Å². The van der Waals surface area contributed by atoms with Crippen LogP contribution in [-0.2, 0) is 10.0 Å². The number of nitro benzene ring substituents is 1. The highest BCUT2D eigenvalue weighted by Gasteiger charge is 2.22. The topological polar surface area (TPSA) is 101 Å². The molecular weight excluding hydrogens is 236 g/mol. The Balaban J connectivity index is 3.40. The lowest BCUT2D eigenvalue weighted by atomic mass is 10.3. The molecule has 1 N–H and O–H groups in total. The Labute approximate surface area is 92.1 Å². The van der Waals surface area contributed by atoms with Gasteiger partial charge in [0, 0.05) is 20.2 Å². The fourth-order valence-electron chi connectivity index (χ4n) is 1.02. The quantitative estimate of drug-likeness (QED) is 0.620. The van der Waals surface area contributed by atoms with E-state index in [0.717, 1.165) is 22.5 Å². The minimum Gasteiger partial charge on any atom is -0.502 e. The molecule has 0 aliphatic carbocycles. The van der Waals surface area contributed by atoms with E-state index in [4.69, 9.17) is 5.11 Å². The summed E-state index contributed by atoms with van der Waals surface area (Å²) in [5.41, 5.74) is -0.636. The fraction of sp³-hybridized carbons (Fsp3) is 0.250. The maximum atomic E-state index is 11.6. The summed E-state index contributed by atoms with van der Waals surface area (Å²) in [5, 5.41) is 19.7. The molecule has 0 spiro atoms.